The highest BCUT2D eigenvalue weighted by Crippen LogP contribution is 2.33. The minimum atomic E-state index is 0.0303. The second-order valence-electron chi connectivity index (χ2n) is 3.33. The van der Waals surface area contributed by atoms with Crippen molar-refractivity contribution in [2.24, 2.45) is 5.73 Å². The minimum absolute atomic E-state index is 0.0303. The first-order valence-corrected chi connectivity index (χ1v) is 4.24. The fraction of sp³-hybridized carbons (Fsp3) is 0.300. The summed E-state index contributed by atoms with van der Waals surface area (Å²) < 4.78 is 0. The second-order valence-corrected chi connectivity index (χ2v) is 3.33. The van der Waals surface area contributed by atoms with Gasteiger partial charge < -0.3 is 10.8 Å². The monoisotopic (exact) mass is 174 g/mol. The van der Waals surface area contributed by atoms with Crippen molar-refractivity contribution in [1.29, 1.82) is 5.26 Å². The summed E-state index contributed by atoms with van der Waals surface area (Å²) in [6, 6.07) is 5.32. The van der Waals surface area contributed by atoms with Gasteiger partial charge in [-0.25, -0.2) is 0 Å². The highest BCUT2D eigenvalue weighted by molar-refractivity contribution is 5.50. The van der Waals surface area contributed by atoms with Crippen molar-refractivity contribution in [3.63, 3.8) is 0 Å². The molecule has 66 valence electrons. The third kappa shape index (κ3) is 1.16. The standard InChI is InChI=1S/C10H10N2O/c11-5-7-3-8-6(4-10(7)13)1-2-9(8)12/h3-4,9,13H,1-2,12H2. The Kier molecular flexibility index (Phi) is 1.71. The Balaban J connectivity index is 2.59. The molecule has 1 aliphatic carbocycles. The van der Waals surface area contributed by atoms with Gasteiger partial charge in [0.25, 0.3) is 0 Å². The van der Waals surface area contributed by atoms with Gasteiger partial charge in [-0.2, -0.15) is 5.26 Å². The van der Waals surface area contributed by atoms with Crippen LogP contribution < -0.4 is 5.73 Å². The summed E-state index contributed by atoms with van der Waals surface area (Å²) in [5, 5.41) is 18.1. The highest BCUT2D eigenvalue weighted by Gasteiger charge is 2.20. The molecule has 3 nitrogen and oxygen atoms in total. The number of aromatic hydroxyl groups is 1. The van der Waals surface area contributed by atoms with Crippen LogP contribution in [0.2, 0.25) is 0 Å². The van der Waals surface area contributed by atoms with E-state index in [1.54, 1.807) is 12.1 Å². The first-order valence-electron chi connectivity index (χ1n) is 4.24. The fourth-order valence-electron chi connectivity index (χ4n) is 1.77. The van der Waals surface area contributed by atoms with E-state index in [1.807, 2.05) is 6.07 Å². The van der Waals surface area contributed by atoms with Crippen LogP contribution in [-0.2, 0) is 6.42 Å². The number of nitrogens with two attached hydrogens (primary N) is 1. The van der Waals surface area contributed by atoms with E-state index < -0.39 is 0 Å². The van der Waals surface area contributed by atoms with Crippen LogP contribution in [0.3, 0.4) is 0 Å². The van der Waals surface area contributed by atoms with Crippen LogP contribution >= 0.6 is 0 Å². The molecule has 0 bridgehead atoms. The molecule has 0 aromatic heterocycles. The summed E-state index contributed by atoms with van der Waals surface area (Å²) in [5.74, 6) is 0.0651. The SMILES string of the molecule is N#Cc1cc2c(cc1O)CCC2N. The molecule has 0 aliphatic heterocycles. The molecule has 1 atom stereocenters. The Hall–Kier alpha value is -1.53. The molecule has 0 amide bonds. The molecule has 3 heteroatoms. The van der Waals surface area contributed by atoms with Crippen molar-refractivity contribution in [1.82, 2.24) is 0 Å². The number of fused-ring (bicyclic) bond motifs is 1. The second kappa shape index (κ2) is 2.75. The summed E-state index contributed by atoms with van der Waals surface area (Å²) in [6.07, 6.45) is 1.80. The highest BCUT2D eigenvalue weighted by atomic mass is 16.3. The molecular formula is C10H10N2O. The number of phenols is 1. The summed E-state index contributed by atoms with van der Waals surface area (Å²) in [7, 11) is 0. The van der Waals surface area contributed by atoms with Crippen LogP contribution in [0.25, 0.3) is 0 Å². The molecule has 1 aliphatic rings. The van der Waals surface area contributed by atoms with Crippen LogP contribution in [0.4, 0.5) is 0 Å². The number of hydrogen-bond acceptors (Lipinski definition) is 3. The van der Waals surface area contributed by atoms with Crippen molar-refractivity contribution >= 4 is 0 Å². The molecule has 2 rings (SSSR count). The lowest BCUT2D eigenvalue weighted by atomic mass is 10.0. The van der Waals surface area contributed by atoms with Crippen LogP contribution in [0, 0.1) is 11.3 Å². The van der Waals surface area contributed by atoms with Gasteiger partial charge in [0, 0.05) is 6.04 Å². The van der Waals surface area contributed by atoms with Gasteiger partial charge in [0.05, 0.1) is 5.56 Å². The number of rotatable bonds is 0. The smallest absolute Gasteiger partial charge is 0.133 e. The maximum atomic E-state index is 9.40. The lowest BCUT2D eigenvalue weighted by Gasteiger charge is -2.05. The lowest BCUT2D eigenvalue weighted by Crippen LogP contribution is -2.05. The van der Waals surface area contributed by atoms with Gasteiger partial charge in [0.1, 0.15) is 11.8 Å². The fourth-order valence-corrected chi connectivity index (χ4v) is 1.77. The molecule has 0 saturated heterocycles. The molecule has 0 radical (unpaired) electrons. The molecule has 0 fully saturated rings. The van der Waals surface area contributed by atoms with Crippen molar-refractivity contribution < 1.29 is 5.11 Å². The number of nitrogens with zero attached hydrogens (tertiary/aromatic N) is 1. The molecular weight excluding hydrogens is 164 g/mol. The Morgan fingerprint density at radius 1 is 1.54 bits per heavy atom. The number of phenolic OH excluding ortho intramolecular Hbond substituents is 1. The largest absolute Gasteiger partial charge is 0.507 e. The predicted octanol–water partition coefficient (Wildman–Crippen LogP) is 1.21. The minimum Gasteiger partial charge on any atom is -0.507 e. The molecule has 0 saturated carbocycles. The molecule has 1 aromatic carbocycles. The van der Waals surface area contributed by atoms with E-state index in [-0.39, 0.29) is 11.8 Å². The van der Waals surface area contributed by atoms with Gasteiger partial charge in [-0.3, -0.25) is 0 Å². The average Bonchev–Trinajstić information content (AvgIpc) is 2.46. The summed E-state index contributed by atoms with van der Waals surface area (Å²) in [4.78, 5) is 0. The van der Waals surface area contributed by atoms with E-state index >= 15 is 0 Å². The van der Waals surface area contributed by atoms with Crippen molar-refractivity contribution in [3.05, 3.63) is 28.8 Å². The molecule has 1 aromatic rings. The van der Waals surface area contributed by atoms with Crippen LogP contribution in [-0.4, -0.2) is 5.11 Å². The zero-order chi connectivity index (χ0) is 9.42. The normalized spacial score (nSPS) is 19.5. The Bertz CT molecular complexity index is 393. The van der Waals surface area contributed by atoms with Crippen molar-refractivity contribution in [2.75, 3.05) is 0 Å². The number of hydrogen-bond donors (Lipinski definition) is 2. The number of benzene rings is 1. The molecule has 1 unspecified atom stereocenters. The average molecular weight is 174 g/mol. The lowest BCUT2D eigenvalue weighted by molar-refractivity contribution is 0.473. The Morgan fingerprint density at radius 2 is 2.31 bits per heavy atom. The topological polar surface area (TPSA) is 70.0 Å². The Morgan fingerprint density at radius 3 is 3.00 bits per heavy atom. The van der Waals surface area contributed by atoms with Gasteiger partial charge in [-0.1, -0.05) is 0 Å². The van der Waals surface area contributed by atoms with E-state index in [1.165, 1.54) is 0 Å². The quantitative estimate of drug-likeness (QED) is 0.621. The van der Waals surface area contributed by atoms with E-state index in [4.69, 9.17) is 11.0 Å². The molecule has 3 N–H and O–H groups in total. The first kappa shape index (κ1) is 8.09. The van der Waals surface area contributed by atoms with Gasteiger partial charge in [0.2, 0.25) is 0 Å². The summed E-state index contributed by atoms with van der Waals surface area (Å²) in [5.41, 5.74) is 8.23. The zero-order valence-electron chi connectivity index (χ0n) is 7.12. The number of nitriles is 1. The van der Waals surface area contributed by atoms with E-state index in [0.717, 1.165) is 24.0 Å². The summed E-state index contributed by atoms with van der Waals surface area (Å²) >= 11 is 0. The first-order chi connectivity index (χ1) is 6.22. The zero-order valence-corrected chi connectivity index (χ0v) is 7.12. The molecule has 13 heavy (non-hydrogen) atoms. The summed E-state index contributed by atoms with van der Waals surface area (Å²) in [6.45, 7) is 0. The maximum Gasteiger partial charge on any atom is 0.133 e. The van der Waals surface area contributed by atoms with Gasteiger partial charge >= 0.3 is 0 Å². The van der Waals surface area contributed by atoms with Crippen molar-refractivity contribution in [3.8, 4) is 11.8 Å². The van der Waals surface area contributed by atoms with Crippen LogP contribution in [0.15, 0.2) is 12.1 Å². The predicted molar refractivity (Wildman–Crippen MR) is 48.1 cm³/mol. The Labute approximate surface area is 76.4 Å². The van der Waals surface area contributed by atoms with Gasteiger partial charge in [0.15, 0.2) is 0 Å². The molecule has 0 heterocycles. The number of aryl methyl sites for hydroxylation is 1. The maximum absolute atomic E-state index is 9.40. The van der Waals surface area contributed by atoms with E-state index in [9.17, 15) is 5.11 Å². The van der Waals surface area contributed by atoms with Gasteiger partial charge in [-0.05, 0) is 36.1 Å². The molecule has 0 spiro atoms. The third-order valence-electron chi connectivity index (χ3n) is 2.50. The van der Waals surface area contributed by atoms with Crippen molar-refractivity contribution in [2.45, 2.75) is 18.9 Å². The van der Waals surface area contributed by atoms with E-state index in [2.05, 4.69) is 0 Å². The third-order valence-corrected chi connectivity index (χ3v) is 2.50. The van der Waals surface area contributed by atoms with Crippen LogP contribution in [0.5, 0.6) is 5.75 Å². The van der Waals surface area contributed by atoms with E-state index in [0.29, 0.717) is 5.56 Å². The van der Waals surface area contributed by atoms with Gasteiger partial charge in [-0.15, -0.1) is 0 Å². The van der Waals surface area contributed by atoms with Crippen LogP contribution in [0.1, 0.15) is 29.2 Å².